The third kappa shape index (κ3) is 2.56. The van der Waals surface area contributed by atoms with Crippen molar-refractivity contribution >= 4 is 34.2 Å². The first kappa shape index (κ1) is 13.8. The van der Waals surface area contributed by atoms with Crippen LogP contribution in [0.3, 0.4) is 0 Å². The van der Waals surface area contributed by atoms with Gasteiger partial charge >= 0.3 is 0 Å². The van der Waals surface area contributed by atoms with Crippen molar-refractivity contribution < 1.29 is 9.15 Å². The maximum absolute atomic E-state index is 9.15. The second-order valence-corrected chi connectivity index (χ2v) is 5.17. The first-order valence-electron chi connectivity index (χ1n) is 6.18. The standard InChI is InChI=1S/C16H9Cl2NO2/c17-12-5-3-6-13(18)11(12)9-20-16-10-4-1-2-7-14(10)21-15(16)8-19/h1-7H,9H2. The van der Waals surface area contributed by atoms with Gasteiger partial charge in [0.25, 0.3) is 0 Å². The van der Waals surface area contributed by atoms with Gasteiger partial charge in [-0.2, -0.15) is 5.26 Å². The van der Waals surface area contributed by atoms with Gasteiger partial charge in [-0.15, -0.1) is 0 Å². The van der Waals surface area contributed by atoms with Gasteiger partial charge in [0, 0.05) is 15.6 Å². The summed E-state index contributed by atoms with van der Waals surface area (Å²) < 4.78 is 11.2. The molecule has 0 atom stereocenters. The van der Waals surface area contributed by atoms with Crippen molar-refractivity contribution in [2.75, 3.05) is 0 Å². The van der Waals surface area contributed by atoms with E-state index in [4.69, 9.17) is 37.6 Å². The monoisotopic (exact) mass is 317 g/mol. The van der Waals surface area contributed by atoms with Gasteiger partial charge in [0.05, 0.1) is 5.39 Å². The van der Waals surface area contributed by atoms with E-state index in [0.717, 1.165) is 5.39 Å². The van der Waals surface area contributed by atoms with E-state index in [1.54, 1.807) is 24.3 Å². The summed E-state index contributed by atoms with van der Waals surface area (Å²) in [6, 6.07) is 14.6. The normalized spacial score (nSPS) is 10.5. The van der Waals surface area contributed by atoms with E-state index < -0.39 is 0 Å². The molecule has 0 saturated heterocycles. The lowest BCUT2D eigenvalue weighted by atomic mass is 10.2. The van der Waals surface area contributed by atoms with Gasteiger partial charge in [-0.25, -0.2) is 0 Å². The lowest BCUT2D eigenvalue weighted by Crippen LogP contribution is -1.98. The fraction of sp³-hybridized carbons (Fsp3) is 0.0625. The molecule has 0 radical (unpaired) electrons. The van der Waals surface area contributed by atoms with Crippen molar-refractivity contribution in [3.05, 3.63) is 63.8 Å². The molecule has 0 amide bonds. The van der Waals surface area contributed by atoms with Gasteiger partial charge in [0.2, 0.25) is 5.76 Å². The molecule has 21 heavy (non-hydrogen) atoms. The maximum Gasteiger partial charge on any atom is 0.246 e. The van der Waals surface area contributed by atoms with E-state index in [2.05, 4.69) is 0 Å². The minimum atomic E-state index is 0.138. The molecule has 0 aliphatic carbocycles. The molecule has 0 N–H and O–H groups in total. The molecule has 104 valence electrons. The minimum absolute atomic E-state index is 0.138. The van der Waals surface area contributed by atoms with Crippen molar-refractivity contribution in [1.82, 2.24) is 0 Å². The number of hydrogen-bond acceptors (Lipinski definition) is 3. The van der Waals surface area contributed by atoms with Crippen LogP contribution in [-0.2, 0) is 6.61 Å². The van der Waals surface area contributed by atoms with Crippen LogP contribution in [0.1, 0.15) is 11.3 Å². The highest BCUT2D eigenvalue weighted by atomic mass is 35.5. The van der Waals surface area contributed by atoms with Crippen LogP contribution in [0, 0.1) is 11.3 Å². The second kappa shape index (κ2) is 5.69. The van der Waals surface area contributed by atoms with Crippen molar-refractivity contribution in [3.63, 3.8) is 0 Å². The highest BCUT2D eigenvalue weighted by Crippen LogP contribution is 2.34. The molecule has 0 spiro atoms. The molecule has 1 aromatic heterocycles. The van der Waals surface area contributed by atoms with Gasteiger partial charge in [0.1, 0.15) is 18.3 Å². The SMILES string of the molecule is N#Cc1oc2ccccc2c1OCc1c(Cl)cccc1Cl. The molecule has 0 bridgehead atoms. The summed E-state index contributed by atoms with van der Waals surface area (Å²) in [5.41, 5.74) is 1.28. The summed E-state index contributed by atoms with van der Waals surface area (Å²) in [6.07, 6.45) is 0. The molecule has 0 aliphatic heterocycles. The Kier molecular flexibility index (Phi) is 3.74. The average Bonchev–Trinajstić information content (AvgIpc) is 2.85. The van der Waals surface area contributed by atoms with Gasteiger partial charge in [0.15, 0.2) is 5.75 Å². The number of halogens is 2. The van der Waals surface area contributed by atoms with Gasteiger partial charge in [-0.3, -0.25) is 0 Å². The molecule has 0 unspecified atom stereocenters. The summed E-state index contributed by atoms with van der Waals surface area (Å²) in [5.74, 6) is 0.545. The molecular weight excluding hydrogens is 309 g/mol. The maximum atomic E-state index is 9.15. The number of hydrogen-bond donors (Lipinski definition) is 0. The Morgan fingerprint density at radius 3 is 2.48 bits per heavy atom. The molecule has 2 aromatic carbocycles. The van der Waals surface area contributed by atoms with Gasteiger partial charge in [-0.1, -0.05) is 41.4 Å². The lowest BCUT2D eigenvalue weighted by Gasteiger charge is -2.08. The van der Waals surface area contributed by atoms with E-state index in [9.17, 15) is 0 Å². The third-order valence-corrected chi connectivity index (χ3v) is 3.78. The highest BCUT2D eigenvalue weighted by molar-refractivity contribution is 6.35. The second-order valence-electron chi connectivity index (χ2n) is 4.36. The Labute approximate surface area is 131 Å². The topological polar surface area (TPSA) is 46.2 Å². The zero-order chi connectivity index (χ0) is 14.8. The summed E-state index contributed by atoms with van der Waals surface area (Å²) in [5, 5.41) is 10.9. The van der Waals surface area contributed by atoms with Crippen molar-refractivity contribution in [2.45, 2.75) is 6.61 Å². The van der Waals surface area contributed by atoms with E-state index in [1.807, 2.05) is 24.3 Å². The van der Waals surface area contributed by atoms with E-state index in [1.165, 1.54) is 0 Å². The number of rotatable bonds is 3. The Hall–Kier alpha value is -2.15. The van der Waals surface area contributed by atoms with Crippen LogP contribution in [0.2, 0.25) is 10.0 Å². The number of ether oxygens (including phenoxy) is 1. The molecule has 3 rings (SSSR count). The Morgan fingerprint density at radius 1 is 1.05 bits per heavy atom. The molecule has 0 fully saturated rings. The van der Waals surface area contributed by atoms with E-state index >= 15 is 0 Å². The number of furan rings is 1. The predicted molar refractivity (Wildman–Crippen MR) is 81.7 cm³/mol. The Morgan fingerprint density at radius 2 is 1.76 bits per heavy atom. The Bertz CT molecular complexity index is 829. The van der Waals surface area contributed by atoms with Crippen molar-refractivity contribution in [1.29, 1.82) is 5.26 Å². The fourth-order valence-electron chi connectivity index (χ4n) is 2.05. The largest absolute Gasteiger partial charge is 0.483 e. The number of para-hydroxylation sites is 1. The van der Waals surface area contributed by atoms with E-state index in [0.29, 0.717) is 26.9 Å². The van der Waals surface area contributed by atoms with E-state index in [-0.39, 0.29) is 12.4 Å². The summed E-state index contributed by atoms with van der Waals surface area (Å²) in [7, 11) is 0. The smallest absolute Gasteiger partial charge is 0.246 e. The molecule has 1 heterocycles. The van der Waals surface area contributed by atoms with Crippen molar-refractivity contribution in [3.8, 4) is 11.8 Å². The molecular formula is C16H9Cl2NO2. The predicted octanol–water partition coefficient (Wildman–Crippen LogP) is 5.19. The van der Waals surface area contributed by atoms with Crippen LogP contribution in [-0.4, -0.2) is 0 Å². The van der Waals surface area contributed by atoms with Crippen LogP contribution in [0.5, 0.6) is 5.75 Å². The quantitative estimate of drug-likeness (QED) is 0.667. The van der Waals surface area contributed by atoms with Gasteiger partial charge in [-0.05, 0) is 24.3 Å². The lowest BCUT2D eigenvalue weighted by molar-refractivity contribution is 0.304. The summed E-state index contributed by atoms with van der Waals surface area (Å²) in [4.78, 5) is 0. The van der Waals surface area contributed by atoms with Crippen LogP contribution >= 0.6 is 23.2 Å². The van der Waals surface area contributed by atoms with Crippen LogP contribution in [0.4, 0.5) is 0 Å². The molecule has 0 saturated carbocycles. The number of nitrogens with zero attached hydrogens (tertiary/aromatic N) is 1. The van der Waals surface area contributed by atoms with Crippen LogP contribution in [0.25, 0.3) is 11.0 Å². The molecule has 5 heteroatoms. The molecule has 3 aromatic rings. The number of nitriles is 1. The fourth-order valence-corrected chi connectivity index (χ4v) is 2.56. The first-order valence-corrected chi connectivity index (χ1v) is 6.93. The summed E-state index contributed by atoms with van der Waals surface area (Å²) in [6.45, 7) is 0.163. The highest BCUT2D eigenvalue weighted by Gasteiger charge is 2.16. The number of fused-ring (bicyclic) bond motifs is 1. The third-order valence-electron chi connectivity index (χ3n) is 3.07. The van der Waals surface area contributed by atoms with Gasteiger partial charge < -0.3 is 9.15 Å². The van der Waals surface area contributed by atoms with Crippen LogP contribution < -0.4 is 4.74 Å². The molecule has 0 aliphatic rings. The van der Waals surface area contributed by atoms with Crippen molar-refractivity contribution in [2.24, 2.45) is 0 Å². The van der Waals surface area contributed by atoms with Crippen LogP contribution in [0.15, 0.2) is 46.9 Å². The molecule has 3 nitrogen and oxygen atoms in total. The zero-order valence-corrected chi connectivity index (χ0v) is 12.3. The number of benzene rings is 2. The first-order chi connectivity index (χ1) is 10.2. The minimum Gasteiger partial charge on any atom is -0.483 e. The Balaban J connectivity index is 1.97. The summed E-state index contributed by atoms with van der Waals surface area (Å²) >= 11 is 12.2. The average molecular weight is 318 g/mol. The zero-order valence-electron chi connectivity index (χ0n) is 10.8.